The molecule has 4 nitrogen and oxygen atoms in total. The number of hydrogen-bond acceptors (Lipinski definition) is 3. The Bertz CT molecular complexity index is 604. The van der Waals surface area contributed by atoms with Crippen LogP contribution in [0.2, 0.25) is 0 Å². The Morgan fingerprint density at radius 3 is 3.05 bits per heavy atom. The Balaban J connectivity index is 1.89. The van der Waals surface area contributed by atoms with E-state index in [4.69, 9.17) is 0 Å². The Morgan fingerprint density at radius 1 is 1.38 bits per heavy atom. The minimum absolute atomic E-state index is 0.0700. The topological polar surface area (TPSA) is 52.6 Å². The van der Waals surface area contributed by atoms with Gasteiger partial charge in [0.05, 0.1) is 0 Å². The Morgan fingerprint density at radius 2 is 2.24 bits per heavy atom. The molecule has 1 saturated heterocycles. The van der Waals surface area contributed by atoms with Crippen LogP contribution in [0.15, 0.2) is 16.6 Å². The van der Waals surface area contributed by atoms with Gasteiger partial charge in [0.15, 0.2) is 0 Å². The zero-order chi connectivity index (χ0) is 14.6. The zero-order valence-corrected chi connectivity index (χ0v) is 13.4. The van der Waals surface area contributed by atoms with Crippen molar-refractivity contribution < 1.29 is 9.90 Å². The van der Waals surface area contributed by atoms with Crippen molar-refractivity contribution >= 4 is 27.6 Å². The highest BCUT2D eigenvalue weighted by atomic mass is 79.9. The number of hydrogen-bond donors (Lipinski definition) is 2. The van der Waals surface area contributed by atoms with Gasteiger partial charge in [0.2, 0.25) is 0 Å². The third-order valence-corrected chi connectivity index (χ3v) is 5.63. The number of fused-ring (bicyclic) bond motifs is 3. The number of carboxylic acids is 1. The van der Waals surface area contributed by atoms with Crippen molar-refractivity contribution in [3.05, 3.63) is 27.7 Å². The van der Waals surface area contributed by atoms with Gasteiger partial charge in [-0.15, -0.1) is 0 Å². The lowest BCUT2D eigenvalue weighted by atomic mass is 9.82. The van der Waals surface area contributed by atoms with Gasteiger partial charge in [0, 0.05) is 28.7 Å². The number of carboxylic acid groups (broad SMARTS) is 1. The van der Waals surface area contributed by atoms with Gasteiger partial charge >= 0.3 is 5.97 Å². The Hall–Kier alpha value is -1.07. The molecule has 112 valence electrons. The molecule has 3 aliphatic rings. The third-order valence-electron chi connectivity index (χ3n) is 5.17. The van der Waals surface area contributed by atoms with Crippen molar-refractivity contribution in [1.82, 2.24) is 5.32 Å². The van der Waals surface area contributed by atoms with E-state index in [2.05, 4.69) is 38.3 Å². The molecule has 21 heavy (non-hydrogen) atoms. The monoisotopic (exact) mass is 350 g/mol. The maximum Gasteiger partial charge on any atom is 0.321 e. The molecule has 0 spiro atoms. The summed E-state index contributed by atoms with van der Waals surface area (Å²) in [5.74, 6) is -0.656. The Kier molecular flexibility index (Phi) is 3.23. The van der Waals surface area contributed by atoms with Gasteiger partial charge in [-0.1, -0.05) is 15.9 Å². The zero-order valence-electron chi connectivity index (χ0n) is 11.8. The fraction of sp³-hybridized carbons (Fsp3) is 0.562. The smallest absolute Gasteiger partial charge is 0.321 e. The highest BCUT2D eigenvalue weighted by Gasteiger charge is 2.48. The number of piperidine rings is 1. The van der Waals surface area contributed by atoms with Gasteiger partial charge in [0.25, 0.3) is 0 Å². The number of rotatable bonds is 1. The number of anilines is 1. The molecular formula is C16H19BrN2O2. The molecule has 0 radical (unpaired) electrons. The number of benzene rings is 1. The van der Waals surface area contributed by atoms with Crippen LogP contribution in [0.5, 0.6) is 0 Å². The Labute approximate surface area is 132 Å². The van der Waals surface area contributed by atoms with Crippen LogP contribution in [-0.4, -0.2) is 36.2 Å². The number of aryl methyl sites for hydroxylation is 1. The summed E-state index contributed by atoms with van der Waals surface area (Å²) in [5.41, 5.74) is 3.95. The molecule has 0 bridgehead atoms. The molecule has 0 amide bonds. The fourth-order valence-electron chi connectivity index (χ4n) is 4.41. The number of nitrogens with zero attached hydrogens (tertiary/aromatic N) is 1. The van der Waals surface area contributed by atoms with Crippen LogP contribution in [0.1, 0.15) is 36.3 Å². The molecule has 1 aromatic rings. The lowest BCUT2D eigenvalue weighted by Crippen LogP contribution is -2.53. The first kappa shape index (κ1) is 13.6. The summed E-state index contributed by atoms with van der Waals surface area (Å²) in [4.78, 5) is 14.2. The minimum atomic E-state index is -0.726. The highest BCUT2D eigenvalue weighted by molar-refractivity contribution is 9.10. The summed E-state index contributed by atoms with van der Waals surface area (Å²) in [7, 11) is 0. The van der Waals surface area contributed by atoms with E-state index in [0.717, 1.165) is 30.4 Å². The summed E-state index contributed by atoms with van der Waals surface area (Å²) in [6.07, 6.45) is 4.54. The van der Waals surface area contributed by atoms with E-state index in [0.29, 0.717) is 6.04 Å². The van der Waals surface area contributed by atoms with Gasteiger partial charge < -0.3 is 15.3 Å². The first-order chi connectivity index (χ1) is 10.2. The molecule has 1 unspecified atom stereocenters. The van der Waals surface area contributed by atoms with Crippen LogP contribution in [0, 0.1) is 0 Å². The van der Waals surface area contributed by atoms with Gasteiger partial charge in [-0.25, -0.2) is 0 Å². The van der Waals surface area contributed by atoms with E-state index in [9.17, 15) is 9.90 Å². The molecule has 4 rings (SSSR count). The molecule has 5 heteroatoms. The average molecular weight is 351 g/mol. The quantitative estimate of drug-likeness (QED) is 0.816. The van der Waals surface area contributed by atoms with E-state index >= 15 is 0 Å². The molecule has 2 N–H and O–H groups in total. The van der Waals surface area contributed by atoms with Crippen LogP contribution < -0.4 is 10.2 Å². The summed E-state index contributed by atoms with van der Waals surface area (Å²) in [6.45, 7) is 1.86. The second kappa shape index (κ2) is 4.99. The maximum atomic E-state index is 11.7. The van der Waals surface area contributed by atoms with Gasteiger partial charge in [-0.2, -0.15) is 0 Å². The van der Waals surface area contributed by atoms with E-state index in [1.807, 2.05) is 0 Å². The maximum absolute atomic E-state index is 11.7. The van der Waals surface area contributed by atoms with E-state index in [-0.39, 0.29) is 5.92 Å². The van der Waals surface area contributed by atoms with Crippen LogP contribution >= 0.6 is 15.9 Å². The molecule has 3 aliphatic heterocycles. The van der Waals surface area contributed by atoms with Gasteiger partial charge in [-0.05, 0) is 55.5 Å². The summed E-state index contributed by atoms with van der Waals surface area (Å²) >= 11 is 3.61. The van der Waals surface area contributed by atoms with E-state index in [1.54, 1.807) is 0 Å². The average Bonchev–Trinajstić information content (AvgIpc) is 2.63. The van der Waals surface area contributed by atoms with Crippen LogP contribution in [-0.2, 0) is 11.2 Å². The van der Waals surface area contributed by atoms with Gasteiger partial charge in [-0.3, -0.25) is 4.79 Å². The fourth-order valence-corrected chi connectivity index (χ4v) is 4.93. The summed E-state index contributed by atoms with van der Waals surface area (Å²) < 4.78 is 1.08. The summed E-state index contributed by atoms with van der Waals surface area (Å²) in [6, 6.07) is 4.24. The van der Waals surface area contributed by atoms with Crippen molar-refractivity contribution in [3.63, 3.8) is 0 Å². The van der Waals surface area contributed by atoms with Gasteiger partial charge in [0.1, 0.15) is 6.04 Å². The molecule has 0 saturated carbocycles. The number of nitrogens with one attached hydrogen (secondary N) is 1. The SMILES string of the molecule is O=C(O)C1NCC[C@H]2[C@@H]1c1cc(Br)cc3c1N2CCCC3. The summed E-state index contributed by atoms with van der Waals surface area (Å²) in [5, 5.41) is 12.8. The first-order valence-corrected chi connectivity index (χ1v) is 8.51. The molecule has 3 heterocycles. The molecular weight excluding hydrogens is 332 g/mol. The van der Waals surface area contributed by atoms with Crippen molar-refractivity contribution in [2.75, 3.05) is 18.0 Å². The second-order valence-electron chi connectivity index (χ2n) is 6.31. The van der Waals surface area contributed by atoms with Crippen LogP contribution in [0.3, 0.4) is 0 Å². The highest BCUT2D eigenvalue weighted by Crippen LogP contribution is 2.49. The lowest BCUT2D eigenvalue weighted by Gasteiger charge is -2.37. The minimum Gasteiger partial charge on any atom is -0.480 e. The molecule has 1 aromatic carbocycles. The number of carbonyl (C=O) groups is 1. The predicted molar refractivity (Wildman–Crippen MR) is 85.0 cm³/mol. The largest absolute Gasteiger partial charge is 0.480 e. The first-order valence-electron chi connectivity index (χ1n) is 7.72. The number of halogens is 1. The van der Waals surface area contributed by atoms with Crippen molar-refractivity contribution in [2.45, 2.75) is 43.7 Å². The van der Waals surface area contributed by atoms with Crippen LogP contribution in [0.4, 0.5) is 5.69 Å². The van der Waals surface area contributed by atoms with Crippen molar-refractivity contribution in [3.8, 4) is 0 Å². The van der Waals surface area contributed by atoms with E-state index in [1.165, 1.54) is 29.7 Å². The molecule has 3 atom stereocenters. The molecule has 0 aliphatic carbocycles. The van der Waals surface area contributed by atoms with Crippen LogP contribution in [0.25, 0.3) is 0 Å². The standard InChI is InChI=1S/C16H19BrN2O2/c17-10-7-9-3-1-2-6-19-12-4-5-18-14(16(20)21)13(12)11(8-10)15(9)19/h7-8,12-14,18H,1-6H2,(H,20,21)/t12-,13-,14?/m0/s1. The number of aliphatic carboxylic acids is 1. The normalized spacial score (nSPS) is 30.5. The molecule has 1 fully saturated rings. The predicted octanol–water partition coefficient (Wildman–Crippen LogP) is 2.50. The molecule has 0 aromatic heterocycles. The van der Waals surface area contributed by atoms with E-state index < -0.39 is 12.0 Å². The third kappa shape index (κ3) is 2.01. The van der Waals surface area contributed by atoms with Crippen molar-refractivity contribution in [2.24, 2.45) is 0 Å². The lowest BCUT2D eigenvalue weighted by molar-refractivity contribution is -0.140. The van der Waals surface area contributed by atoms with Crippen molar-refractivity contribution in [1.29, 1.82) is 0 Å². The second-order valence-corrected chi connectivity index (χ2v) is 7.22.